The van der Waals surface area contributed by atoms with E-state index in [0.717, 1.165) is 11.1 Å². The molecule has 6 heteroatoms. The van der Waals surface area contributed by atoms with E-state index in [-0.39, 0.29) is 59.2 Å². The first-order chi connectivity index (χ1) is 16.9. The Morgan fingerprint density at radius 2 is 1.54 bits per heavy atom. The Morgan fingerprint density at radius 3 is 2.31 bits per heavy atom. The van der Waals surface area contributed by atoms with Crippen molar-refractivity contribution >= 4 is 22.9 Å². The van der Waals surface area contributed by atoms with Crippen molar-refractivity contribution in [2.45, 2.75) is 30.8 Å². The zero-order chi connectivity index (χ0) is 24.2. The Kier molecular flexibility index (Phi) is 3.81. The van der Waals surface area contributed by atoms with E-state index < -0.39 is 17.4 Å². The number of Topliss-reactive ketones (excluding diaryl/α,β-unsaturated/α-hetero) is 2. The molecule has 0 saturated heterocycles. The van der Waals surface area contributed by atoms with Crippen LogP contribution in [-0.2, 0) is 10.2 Å². The van der Waals surface area contributed by atoms with Crippen molar-refractivity contribution in [2.75, 3.05) is 0 Å². The molecule has 0 fully saturated rings. The number of benzene rings is 2. The summed E-state index contributed by atoms with van der Waals surface area (Å²) in [6.07, 6.45) is 4.39. The molecule has 5 aliphatic carbocycles. The molecule has 0 aromatic heterocycles. The molecule has 0 heterocycles. The van der Waals surface area contributed by atoms with Crippen LogP contribution in [0.15, 0.2) is 76.9 Å². The van der Waals surface area contributed by atoms with Gasteiger partial charge < -0.3 is 15.3 Å². The van der Waals surface area contributed by atoms with Gasteiger partial charge in [0, 0.05) is 18.4 Å². The molecule has 3 N–H and O–H groups in total. The van der Waals surface area contributed by atoms with Crippen molar-refractivity contribution in [3.63, 3.8) is 0 Å². The minimum Gasteiger partial charge on any atom is -0.507 e. The number of aliphatic hydroxyl groups excluding tert-OH is 1. The molecule has 2 aromatic rings. The van der Waals surface area contributed by atoms with Crippen LogP contribution in [0.5, 0.6) is 11.5 Å². The van der Waals surface area contributed by atoms with E-state index in [2.05, 4.69) is 0 Å². The molecule has 0 saturated carbocycles. The second-order valence-electron chi connectivity index (χ2n) is 9.80. The third-order valence-electron chi connectivity index (χ3n) is 8.25. The minimum absolute atomic E-state index is 0.0162. The SMILES string of the molecule is O=C1C=CC2=C3c4cccc(O)c4C(=O)C[C@@H]4CC(=O)c5c(O)cccc5[C@]34C3=CCC(O)C1=C32. The number of aliphatic hydroxyl groups is 1. The summed E-state index contributed by atoms with van der Waals surface area (Å²) in [5, 5.41) is 32.4. The average Bonchev–Trinajstić information content (AvgIpc) is 3.05. The third-order valence-corrected chi connectivity index (χ3v) is 8.25. The predicted molar refractivity (Wildman–Crippen MR) is 126 cm³/mol. The maximum absolute atomic E-state index is 13.5. The Balaban J connectivity index is 1.73. The van der Waals surface area contributed by atoms with Gasteiger partial charge in [0.25, 0.3) is 0 Å². The maximum Gasteiger partial charge on any atom is 0.185 e. The van der Waals surface area contributed by atoms with Gasteiger partial charge in [0.05, 0.1) is 22.6 Å². The summed E-state index contributed by atoms with van der Waals surface area (Å²) in [4.78, 5) is 39.8. The molecule has 0 aliphatic heterocycles. The first kappa shape index (κ1) is 20.4. The van der Waals surface area contributed by atoms with E-state index in [1.54, 1.807) is 24.3 Å². The smallest absolute Gasteiger partial charge is 0.185 e. The van der Waals surface area contributed by atoms with Crippen LogP contribution >= 0.6 is 0 Å². The van der Waals surface area contributed by atoms with Crippen molar-refractivity contribution in [1.29, 1.82) is 0 Å². The van der Waals surface area contributed by atoms with Crippen LogP contribution < -0.4 is 0 Å². The van der Waals surface area contributed by atoms with Gasteiger partial charge in [-0.2, -0.15) is 0 Å². The highest BCUT2D eigenvalue weighted by atomic mass is 16.3. The second kappa shape index (κ2) is 6.55. The minimum atomic E-state index is -0.998. The normalized spacial score (nSPS) is 28.1. The number of phenols is 2. The van der Waals surface area contributed by atoms with Gasteiger partial charge in [-0.1, -0.05) is 36.4 Å². The predicted octanol–water partition coefficient (Wildman–Crippen LogP) is 3.72. The summed E-state index contributed by atoms with van der Waals surface area (Å²) in [5.74, 6) is -1.50. The number of hydrogen-bond donors (Lipinski definition) is 3. The molecule has 172 valence electrons. The average molecular weight is 464 g/mol. The summed E-state index contributed by atoms with van der Waals surface area (Å²) in [7, 11) is 0. The van der Waals surface area contributed by atoms with Crippen LogP contribution in [0, 0.1) is 5.92 Å². The highest BCUT2D eigenvalue weighted by Gasteiger charge is 2.61. The number of fused-ring (bicyclic) bond motifs is 3. The molecule has 35 heavy (non-hydrogen) atoms. The van der Waals surface area contributed by atoms with Crippen LogP contribution in [0.3, 0.4) is 0 Å². The lowest BCUT2D eigenvalue weighted by molar-refractivity contribution is -0.112. The van der Waals surface area contributed by atoms with Crippen molar-refractivity contribution in [2.24, 2.45) is 5.92 Å². The van der Waals surface area contributed by atoms with Gasteiger partial charge in [0.1, 0.15) is 11.5 Å². The molecule has 0 bridgehead atoms. The zero-order valence-corrected chi connectivity index (χ0v) is 18.5. The number of aromatic hydroxyl groups is 2. The first-order valence-corrected chi connectivity index (χ1v) is 11.7. The summed E-state index contributed by atoms with van der Waals surface area (Å²) < 4.78 is 0. The van der Waals surface area contributed by atoms with Crippen LogP contribution in [0.25, 0.3) is 5.57 Å². The fourth-order valence-electron chi connectivity index (χ4n) is 7.10. The quantitative estimate of drug-likeness (QED) is 0.548. The number of phenolic OH excluding ortho intramolecular Hbond substituents is 2. The molecule has 1 spiro atoms. The lowest BCUT2D eigenvalue weighted by Crippen LogP contribution is -2.43. The van der Waals surface area contributed by atoms with Crippen LogP contribution in [0.2, 0.25) is 0 Å². The monoisotopic (exact) mass is 464 g/mol. The van der Waals surface area contributed by atoms with Gasteiger partial charge in [-0.3, -0.25) is 14.4 Å². The van der Waals surface area contributed by atoms with Gasteiger partial charge >= 0.3 is 0 Å². The van der Waals surface area contributed by atoms with Crippen molar-refractivity contribution in [3.05, 3.63) is 99.2 Å². The summed E-state index contributed by atoms with van der Waals surface area (Å²) in [6, 6.07) is 9.93. The first-order valence-electron chi connectivity index (χ1n) is 11.7. The molecule has 6 nitrogen and oxygen atoms in total. The van der Waals surface area contributed by atoms with Crippen molar-refractivity contribution in [3.8, 4) is 11.5 Å². The fourth-order valence-corrected chi connectivity index (χ4v) is 7.10. The van der Waals surface area contributed by atoms with Gasteiger partial charge in [-0.05, 0) is 64.0 Å². The standard InChI is InChI=1S/C29H20O6/c30-18-5-1-3-14-25(18)22(34)11-13-12-23(35)26-16(4-2-6-19(26)31)29(13)17-8-10-21(33)27-20(32)9-7-15(24(17)27)28(14)29/h1-9,13,21,30-31,33H,10-12H2/t13-,21?,29-/m1/s1. The van der Waals surface area contributed by atoms with Gasteiger partial charge in [-0.15, -0.1) is 0 Å². The molecule has 5 aliphatic rings. The second-order valence-corrected chi connectivity index (χ2v) is 9.80. The number of carbonyl (C=O) groups excluding carboxylic acids is 3. The highest BCUT2D eigenvalue weighted by molar-refractivity contribution is 6.17. The van der Waals surface area contributed by atoms with E-state index in [1.807, 2.05) is 12.1 Å². The Morgan fingerprint density at radius 1 is 0.857 bits per heavy atom. The molecule has 3 atom stereocenters. The molecule has 2 aromatic carbocycles. The fraction of sp³-hybridized carbons (Fsp3) is 0.207. The van der Waals surface area contributed by atoms with Crippen LogP contribution in [-0.4, -0.2) is 38.8 Å². The Hall–Kier alpha value is -4.03. The van der Waals surface area contributed by atoms with E-state index in [9.17, 15) is 29.7 Å². The van der Waals surface area contributed by atoms with Gasteiger partial charge in [-0.25, -0.2) is 0 Å². The third kappa shape index (κ3) is 2.25. The summed E-state index contributed by atoms with van der Waals surface area (Å²) >= 11 is 0. The van der Waals surface area contributed by atoms with E-state index >= 15 is 0 Å². The van der Waals surface area contributed by atoms with Crippen molar-refractivity contribution in [1.82, 2.24) is 0 Å². The molecule has 0 amide bonds. The molecule has 1 unspecified atom stereocenters. The van der Waals surface area contributed by atoms with E-state index in [4.69, 9.17) is 0 Å². The lowest BCUT2D eigenvalue weighted by Gasteiger charge is -2.45. The molecule has 0 radical (unpaired) electrons. The zero-order valence-electron chi connectivity index (χ0n) is 18.5. The van der Waals surface area contributed by atoms with Crippen LogP contribution in [0.1, 0.15) is 51.1 Å². The van der Waals surface area contributed by atoms with Gasteiger partial charge in [0.15, 0.2) is 17.3 Å². The van der Waals surface area contributed by atoms with E-state index in [1.165, 1.54) is 18.2 Å². The number of ketones is 3. The van der Waals surface area contributed by atoms with Crippen molar-refractivity contribution < 1.29 is 29.7 Å². The molecular weight excluding hydrogens is 444 g/mol. The number of carbonyl (C=O) groups is 3. The summed E-state index contributed by atoms with van der Waals surface area (Å²) in [6.45, 7) is 0. The summed E-state index contributed by atoms with van der Waals surface area (Å²) in [5.41, 5.74) is 3.75. The largest absolute Gasteiger partial charge is 0.507 e. The Labute approximate surface area is 200 Å². The maximum atomic E-state index is 13.5. The van der Waals surface area contributed by atoms with Gasteiger partial charge in [0.2, 0.25) is 0 Å². The number of rotatable bonds is 0. The molecule has 7 rings (SSSR count). The number of hydrogen-bond acceptors (Lipinski definition) is 6. The molecular formula is C29H20O6. The Bertz CT molecular complexity index is 1570. The van der Waals surface area contributed by atoms with Crippen LogP contribution in [0.4, 0.5) is 0 Å². The number of allylic oxidation sites excluding steroid dienone is 6. The lowest BCUT2D eigenvalue weighted by atomic mass is 9.55. The topological polar surface area (TPSA) is 112 Å². The van der Waals surface area contributed by atoms with E-state index in [0.29, 0.717) is 27.8 Å². The highest BCUT2D eigenvalue weighted by Crippen LogP contribution is 2.67.